The Balaban J connectivity index is 2.73. The third kappa shape index (κ3) is 11.6. The summed E-state index contributed by atoms with van der Waals surface area (Å²) in [5.74, 6) is 5.33. The predicted octanol–water partition coefficient (Wildman–Crippen LogP) is 2.98. The van der Waals surface area contributed by atoms with E-state index in [4.69, 9.17) is 0 Å². The molecule has 0 nitrogen and oxygen atoms in total. The lowest BCUT2D eigenvalue weighted by Crippen LogP contribution is -1.88. The van der Waals surface area contributed by atoms with Crippen LogP contribution in [0.5, 0.6) is 0 Å². The van der Waals surface area contributed by atoms with Gasteiger partial charge in [0.1, 0.15) is 0 Å². The van der Waals surface area contributed by atoms with Crippen LogP contribution in [0.2, 0.25) is 0 Å². The quantitative estimate of drug-likeness (QED) is 0.450. The summed E-state index contributed by atoms with van der Waals surface area (Å²) in [6.07, 6.45) is 5.29. The van der Waals surface area contributed by atoms with Gasteiger partial charge in [-0.3, -0.25) is 0 Å². The molecule has 12 heavy (non-hydrogen) atoms. The number of thioether (sulfide) groups is 2. The monoisotopic (exact) mass is 242 g/mol. The van der Waals surface area contributed by atoms with Crippen molar-refractivity contribution in [3.8, 4) is 0 Å². The molecule has 74 valence electrons. The molecule has 0 heterocycles. The minimum atomic E-state index is 1.24. The summed E-state index contributed by atoms with van der Waals surface area (Å²) in [4.78, 5) is 0. The van der Waals surface area contributed by atoms with Crippen LogP contribution in [-0.2, 0) is 0 Å². The van der Waals surface area contributed by atoms with Crippen LogP contribution in [0.1, 0.15) is 12.8 Å². The van der Waals surface area contributed by atoms with Crippen LogP contribution in [0.15, 0.2) is 0 Å². The lowest BCUT2D eigenvalue weighted by Gasteiger charge is -2.00. The number of hydrogen-bond donors (Lipinski definition) is 0. The molecule has 2 unspecified atom stereocenters. The Kier molecular flexibility index (Phi) is 14.2. The number of hydrogen-bond acceptors (Lipinski definition) is 2. The van der Waals surface area contributed by atoms with E-state index in [1.54, 1.807) is 0 Å². The van der Waals surface area contributed by atoms with Crippen molar-refractivity contribution >= 4 is 42.0 Å². The molecule has 0 aliphatic carbocycles. The fourth-order valence-electron chi connectivity index (χ4n) is 0.779. The van der Waals surface area contributed by atoms with Gasteiger partial charge in [-0.05, 0) is 48.2 Å². The third-order valence-corrected chi connectivity index (χ3v) is 4.97. The van der Waals surface area contributed by atoms with Gasteiger partial charge in [0.15, 0.2) is 0 Å². The second-order valence-corrected chi connectivity index (χ2v) is 6.11. The highest BCUT2D eigenvalue weighted by atomic mass is 32.2. The highest BCUT2D eigenvalue weighted by molar-refractivity contribution is 7.99. The molecule has 0 saturated heterocycles. The molecule has 0 saturated carbocycles. The van der Waals surface area contributed by atoms with Crippen LogP contribution < -0.4 is 0 Å². The van der Waals surface area contributed by atoms with E-state index in [9.17, 15) is 0 Å². The van der Waals surface area contributed by atoms with Crippen LogP contribution in [0, 0.1) is 0 Å². The van der Waals surface area contributed by atoms with E-state index in [1.807, 2.05) is 0 Å². The minimum absolute atomic E-state index is 1.24. The highest BCUT2D eigenvalue weighted by Gasteiger charge is 1.90. The molecule has 0 N–H and O–H groups in total. The summed E-state index contributed by atoms with van der Waals surface area (Å²) in [6, 6.07) is 0. The van der Waals surface area contributed by atoms with Crippen LogP contribution >= 0.6 is 42.0 Å². The van der Waals surface area contributed by atoms with Gasteiger partial charge in [-0.15, -0.1) is 18.5 Å². The fraction of sp³-hybridized carbons (Fsp3) is 1.00. The summed E-state index contributed by atoms with van der Waals surface area (Å²) < 4.78 is 0. The second kappa shape index (κ2) is 12.6. The van der Waals surface area contributed by atoms with Crippen LogP contribution in [0.4, 0.5) is 0 Å². The van der Waals surface area contributed by atoms with E-state index in [0.717, 1.165) is 0 Å². The molecular formula is C8H20P2S2. The summed E-state index contributed by atoms with van der Waals surface area (Å²) in [5, 5.41) is 0. The topological polar surface area (TPSA) is 0 Å². The Morgan fingerprint density at radius 2 is 1.08 bits per heavy atom. The zero-order chi connectivity index (χ0) is 9.07. The van der Waals surface area contributed by atoms with Crippen molar-refractivity contribution in [2.24, 2.45) is 0 Å². The molecule has 0 fully saturated rings. The van der Waals surface area contributed by atoms with Gasteiger partial charge < -0.3 is 0 Å². The minimum Gasteiger partial charge on any atom is -0.162 e. The van der Waals surface area contributed by atoms with Crippen molar-refractivity contribution in [2.45, 2.75) is 12.8 Å². The fourth-order valence-corrected chi connectivity index (χ4v) is 3.34. The standard InChI is InChI=1S/C8H20P2S2/c9-3-7-11-5-1-2-6-12-8-4-10/h1-10H2. The van der Waals surface area contributed by atoms with E-state index in [2.05, 4.69) is 42.0 Å². The zero-order valence-corrected chi connectivity index (χ0v) is 11.6. The molecule has 0 aliphatic heterocycles. The first-order valence-electron chi connectivity index (χ1n) is 4.47. The van der Waals surface area contributed by atoms with Gasteiger partial charge in [-0.2, -0.15) is 23.5 Å². The number of rotatable bonds is 9. The van der Waals surface area contributed by atoms with Crippen molar-refractivity contribution in [3.05, 3.63) is 0 Å². The van der Waals surface area contributed by atoms with Gasteiger partial charge in [0.25, 0.3) is 0 Å². The Bertz CT molecular complexity index is 71.5. The molecule has 4 heteroatoms. The normalized spacial score (nSPS) is 10.5. The summed E-state index contributed by atoms with van der Waals surface area (Å²) >= 11 is 4.17. The van der Waals surface area contributed by atoms with Crippen molar-refractivity contribution in [3.63, 3.8) is 0 Å². The maximum Gasteiger partial charge on any atom is -0.00329 e. The Morgan fingerprint density at radius 3 is 1.42 bits per heavy atom. The van der Waals surface area contributed by atoms with Crippen LogP contribution in [0.25, 0.3) is 0 Å². The van der Waals surface area contributed by atoms with Gasteiger partial charge in [0.05, 0.1) is 0 Å². The third-order valence-electron chi connectivity index (χ3n) is 1.35. The van der Waals surface area contributed by atoms with Gasteiger partial charge in [-0.1, -0.05) is 0 Å². The lowest BCUT2D eigenvalue weighted by atomic mass is 10.4. The average molecular weight is 242 g/mol. The SMILES string of the molecule is PCCSCCCCSCCP. The maximum atomic E-state index is 2.77. The van der Waals surface area contributed by atoms with Crippen molar-refractivity contribution in [1.29, 1.82) is 0 Å². The van der Waals surface area contributed by atoms with Gasteiger partial charge in [0, 0.05) is 0 Å². The second-order valence-electron chi connectivity index (χ2n) is 2.51. The van der Waals surface area contributed by atoms with Gasteiger partial charge >= 0.3 is 0 Å². The Morgan fingerprint density at radius 1 is 0.667 bits per heavy atom. The first-order chi connectivity index (χ1) is 5.91. The lowest BCUT2D eigenvalue weighted by molar-refractivity contribution is 0.907. The molecule has 0 aromatic rings. The Hall–Kier alpha value is 1.56. The molecule has 2 atom stereocenters. The van der Waals surface area contributed by atoms with Crippen molar-refractivity contribution < 1.29 is 0 Å². The molecule has 0 spiro atoms. The zero-order valence-electron chi connectivity index (χ0n) is 7.63. The maximum absolute atomic E-state index is 2.77. The average Bonchev–Trinajstić information content (AvgIpc) is 2.10. The van der Waals surface area contributed by atoms with Gasteiger partial charge in [0.2, 0.25) is 0 Å². The van der Waals surface area contributed by atoms with E-state index in [1.165, 1.54) is 48.2 Å². The smallest absolute Gasteiger partial charge is 0.00329 e. The molecule has 0 aromatic heterocycles. The van der Waals surface area contributed by atoms with Crippen molar-refractivity contribution in [1.82, 2.24) is 0 Å². The van der Waals surface area contributed by atoms with E-state index in [-0.39, 0.29) is 0 Å². The van der Waals surface area contributed by atoms with Crippen LogP contribution in [0.3, 0.4) is 0 Å². The number of unbranched alkanes of at least 4 members (excludes halogenated alkanes) is 1. The molecule has 0 bridgehead atoms. The summed E-state index contributed by atoms with van der Waals surface area (Å²) in [6.45, 7) is 0. The summed E-state index contributed by atoms with van der Waals surface area (Å²) in [5.41, 5.74) is 0. The molecule has 0 rings (SSSR count). The molecule has 0 amide bonds. The molecule has 0 aromatic carbocycles. The van der Waals surface area contributed by atoms with E-state index < -0.39 is 0 Å². The van der Waals surface area contributed by atoms with E-state index >= 15 is 0 Å². The Labute approximate surface area is 90.2 Å². The summed E-state index contributed by atoms with van der Waals surface area (Å²) in [7, 11) is 5.55. The van der Waals surface area contributed by atoms with Crippen molar-refractivity contribution in [2.75, 3.05) is 35.3 Å². The first-order valence-corrected chi connectivity index (χ1v) is 8.41. The molecule has 0 radical (unpaired) electrons. The van der Waals surface area contributed by atoms with E-state index in [0.29, 0.717) is 0 Å². The highest BCUT2D eigenvalue weighted by Crippen LogP contribution is 2.09. The van der Waals surface area contributed by atoms with Gasteiger partial charge in [-0.25, -0.2) is 0 Å². The largest absolute Gasteiger partial charge is 0.162 e. The first kappa shape index (κ1) is 13.6. The molecular weight excluding hydrogens is 222 g/mol. The van der Waals surface area contributed by atoms with Crippen LogP contribution in [-0.4, -0.2) is 35.3 Å². The molecule has 0 aliphatic rings. The predicted molar refractivity (Wildman–Crippen MR) is 73.0 cm³/mol.